The van der Waals surface area contributed by atoms with Crippen LogP contribution in [0, 0.1) is 0 Å². The molecule has 0 aromatic carbocycles. The third-order valence-corrected chi connectivity index (χ3v) is 2.75. The van der Waals surface area contributed by atoms with Crippen LogP contribution in [-0.2, 0) is 23.1 Å². The second-order valence-corrected chi connectivity index (χ2v) is 3.96. The molecular formula is C11H17N3O3. The maximum absolute atomic E-state index is 11.7. The molecule has 0 bridgehead atoms. The first-order valence-corrected chi connectivity index (χ1v) is 5.71. The van der Waals surface area contributed by atoms with Crippen LogP contribution in [0.4, 0.5) is 0 Å². The van der Waals surface area contributed by atoms with E-state index >= 15 is 0 Å². The van der Waals surface area contributed by atoms with E-state index in [1.807, 2.05) is 7.05 Å². The van der Waals surface area contributed by atoms with Gasteiger partial charge in [0.15, 0.2) is 0 Å². The van der Waals surface area contributed by atoms with Crippen molar-refractivity contribution in [3.63, 3.8) is 0 Å². The maximum atomic E-state index is 11.7. The summed E-state index contributed by atoms with van der Waals surface area (Å²) in [5, 5.41) is 7.39. The molecule has 1 aromatic heterocycles. The topological polar surface area (TPSA) is 65.4 Å². The van der Waals surface area contributed by atoms with Crippen molar-refractivity contribution in [3.05, 3.63) is 17.5 Å². The standard InChI is InChI=1S/C11H17N3O3/c1-3-17-11(15)9-4-13-14(2)10(9)5-12-8-6-16-7-8/h4,8,12H,3,5-7H2,1-2H3. The average molecular weight is 239 g/mol. The van der Waals surface area contributed by atoms with Gasteiger partial charge in [0, 0.05) is 13.6 Å². The molecule has 0 unspecified atom stereocenters. The van der Waals surface area contributed by atoms with E-state index in [2.05, 4.69) is 10.4 Å². The summed E-state index contributed by atoms with van der Waals surface area (Å²) in [6, 6.07) is 0.375. The largest absolute Gasteiger partial charge is 0.462 e. The van der Waals surface area contributed by atoms with E-state index in [1.165, 1.54) is 0 Å². The average Bonchev–Trinajstić information content (AvgIpc) is 2.59. The molecule has 6 nitrogen and oxygen atoms in total. The molecule has 0 atom stereocenters. The third kappa shape index (κ3) is 2.65. The quantitative estimate of drug-likeness (QED) is 0.737. The monoisotopic (exact) mass is 239 g/mol. The second kappa shape index (κ2) is 5.29. The van der Waals surface area contributed by atoms with Gasteiger partial charge in [-0.05, 0) is 6.92 Å². The van der Waals surface area contributed by atoms with Crippen LogP contribution in [0.1, 0.15) is 23.0 Å². The van der Waals surface area contributed by atoms with Gasteiger partial charge in [0.2, 0.25) is 0 Å². The van der Waals surface area contributed by atoms with Crippen LogP contribution in [-0.4, -0.2) is 41.6 Å². The Hall–Kier alpha value is -1.40. The minimum Gasteiger partial charge on any atom is -0.462 e. The normalized spacial score (nSPS) is 15.6. The number of carbonyl (C=O) groups excluding carboxylic acids is 1. The molecular weight excluding hydrogens is 222 g/mol. The van der Waals surface area contributed by atoms with E-state index in [9.17, 15) is 4.79 Å². The first-order chi connectivity index (χ1) is 8.22. The number of ether oxygens (including phenoxy) is 2. The van der Waals surface area contributed by atoms with E-state index in [1.54, 1.807) is 17.8 Å². The van der Waals surface area contributed by atoms with Crippen molar-refractivity contribution in [3.8, 4) is 0 Å². The molecule has 1 fully saturated rings. The van der Waals surface area contributed by atoms with E-state index in [-0.39, 0.29) is 5.97 Å². The molecule has 0 spiro atoms. The molecule has 17 heavy (non-hydrogen) atoms. The smallest absolute Gasteiger partial charge is 0.341 e. The van der Waals surface area contributed by atoms with Gasteiger partial charge in [-0.3, -0.25) is 4.68 Å². The van der Waals surface area contributed by atoms with Gasteiger partial charge in [-0.25, -0.2) is 4.79 Å². The van der Waals surface area contributed by atoms with Crippen LogP contribution in [0.2, 0.25) is 0 Å². The fourth-order valence-electron chi connectivity index (χ4n) is 1.65. The van der Waals surface area contributed by atoms with E-state index in [0.717, 1.165) is 18.9 Å². The Labute approximate surface area is 99.9 Å². The van der Waals surface area contributed by atoms with Crippen molar-refractivity contribution in [2.24, 2.45) is 7.05 Å². The van der Waals surface area contributed by atoms with E-state index in [4.69, 9.17) is 9.47 Å². The molecule has 6 heteroatoms. The third-order valence-electron chi connectivity index (χ3n) is 2.75. The summed E-state index contributed by atoms with van der Waals surface area (Å²) in [4.78, 5) is 11.7. The molecule has 0 saturated carbocycles. The lowest BCUT2D eigenvalue weighted by atomic mass is 10.2. The predicted molar refractivity (Wildman–Crippen MR) is 60.6 cm³/mol. The lowest BCUT2D eigenvalue weighted by Crippen LogP contribution is -2.45. The highest BCUT2D eigenvalue weighted by Gasteiger charge is 2.21. The van der Waals surface area contributed by atoms with E-state index < -0.39 is 0 Å². The van der Waals surface area contributed by atoms with Gasteiger partial charge in [-0.2, -0.15) is 5.10 Å². The van der Waals surface area contributed by atoms with Crippen LogP contribution in [0.3, 0.4) is 0 Å². The first-order valence-electron chi connectivity index (χ1n) is 5.71. The van der Waals surface area contributed by atoms with E-state index in [0.29, 0.717) is 24.8 Å². The highest BCUT2D eigenvalue weighted by atomic mass is 16.5. The number of esters is 1. The lowest BCUT2D eigenvalue weighted by Gasteiger charge is -2.27. The minimum atomic E-state index is -0.317. The zero-order valence-electron chi connectivity index (χ0n) is 10.1. The fourth-order valence-corrected chi connectivity index (χ4v) is 1.65. The number of nitrogens with one attached hydrogen (secondary N) is 1. The summed E-state index contributed by atoms with van der Waals surface area (Å²) < 4.78 is 11.8. The van der Waals surface area contributed by atoms with Crippen LogP contribution < -0.4 is 5.32 Å². The molecule has 94 valence electrons. The van der Waals surface area contributed by atoms with Gasteiger partial charge in [0.1, 0.15) is 5.56 Å². The summed E-state index contributed by atoms with van der Waals surface area (Å²) in [5.41, 5.74) is 1.37. The Morgan fingerprint density at radius 3 is 3.06 bits per heavy atom. The number of hydrogen-bond acceptors (Lipinski definition) is 5. The zero-order valence-corrected chi connectivity index (χ0v) is 10.1. The van der Waals surface area contributed by atoms with Crippen molar-refractivity contribution in [1.29, 1.82) is 0 Å². The number of aromatic nitrogens is 2. The van der Waals surface area contributed by atoms with Gasteiger partial charge in [0.05, 0.1) is 37.8 Å². The Bertz CT molecular complexity index is 399. The molecule has 1 saturated heterocycles. The van der Waals surface area contributed by atoms with Crippen molar-refractivity contribution in [1.82, 2.24) is 15.1 Å². The highest BCUT2D eigenvalue weighted by molar-refractivity contribution is 5.90. The number of aryl methyl sites for hydroxylation is 1. The van der Waals surface area contributed by atoms with Crippen LogP contribution in [0.25, 0.3) is 0 Å². The number of rotatable bonds is 5. The van der Waals surface area contributed by atoms with Crippen LogP contribution >= 0.6 is 0 Å². The molecule has 1 aromatic rings. The van der Waals surface area contributed by atoms with Gasteiger partial charge < -0.3 is 14.8 Å². The zero-order chi connectivity index (χ0) is 12.3. The van der Waals surface area contributed by atoms with Crippen molar-refractivity contribution in [2.75, 3.05) is 19.8 Å². The molecule has 1 aliphatic rings. The van der Waals surface area contributed by atoms with Crippen LogP contribution in [0.15, 0.2) is 6.20 Å². The Morgan fingerprint density at radius 2 is 2.47 bits per heavy atom. The summed E-state index contributed by atoms with van der Waals surface area (Å²) in [6.45, 7) is 4.22. The number of nitrogens with zero attached hydrogens (tertiary/aromatic N) is 2. The second-order valence-electron chi connectivity index (χ2n) is 3.96. The Morgan fingerprint density at radius 1 is 1.71 bits per heavy atom. The molecule has 0 amide bonds. The summed E-state index contributed by atoms with van der Waals surface area (Å²) in [6.07, 6.45) is 1.55. The SMILES string of the molecule is CCOC(=O)c1cnn(C)c1CNC1COC1. The van der Waals surface area contributed by atoms with Crippen molar-refractivity contribution >= 4 is 5.97 Å². The van der Waals surface area contributed by atoms with Gasteiger partial charge in [-0.1, -0.05) is 0 Å². The molecule has 1 N–H and O–H groups in total. The van der Waals surface area contributed by atoms with Crippen molar-refractivity contribution < 1.29 is 14.3 Å². The predicted octanol–water partition coefficient (Wildman–Crippen LogP) is 0.0852. The Kier molecular flexibility index (Phi) is 3.75. The summed E-state index contributed by atoms with van der Waals surface area (Å²) in [5.74, 6) is -0.317. The van der Waals surface area contributed by atoms with Gasteiger partial charge >= 0.3 is 5.97 Å². The molecule has 1 aliphatic heterocycles. The lowest BCUT2D eigenvalue weighted by molar-refractivity contribution is -0.00606. The molecule has 2 heterocycles. The van der Waals surface area contributed by atoms with Gasteiger partial charge in [0.25, 0.3) is 0 Å². The molecule has 0 aliphatic carbocycles. The molecule has 2 rings (SSSR count). The first kappa shape index (κ1) is 12.1. The summed E-state index contributed by atoms with van der Waals surface area (Å²) >= 11 is 0. The van der Waals surface area contributed by atoms with Crippen molar-refractivity contribution in [2.45, 2.75) is 19.5 Å². The number of carbonyl (C=O) groups is 1. The van der Waals surface area contributed by atoms with Gasteiger partial charge in [-0.15, -0.1) is 0 Å². The Balaban J connectivity index is 2.02. The van der Waals surface area contributed by atoms with Crippen LogP contribution in [0.5, 0.6) is 0 Å². The maximum Gasteiger partial charge on any atom is 0.341 e. The fraction of sp³-hybridized carbons (Fsp3) is 0.636. The highest BCUT2D eigenvalue weighted by Crippen LogP contribution is 2.10. The number of hydrogen-bond donors (Lipinski definition) is 1. The minimum absolute atomic E-state index is 0.317. The summed E-state index contributed by atoms with van der Waals surface area (Å²) in [7, 11) is 1.82. The molecule has 0 radical (unpaired) electrons.